The van der Waals surface area contributed by atoms with E-state index in [0.717, 1.165) is 18.2 Å². The second-order valence-corrected chi connectivity index (χ2v) is 8.13. The van der Waals surface area contributed by atoms with Crippen LogP contribution in [-0.2, 0) is 19.6 Å². The van der Waals surface area contributed by atoms with E-state index in [2.05, 4.69) is 14.8 Å². The molecule has 0 bridgehead atoms. The molecule has 0 fully saturated rings. The van der Waals surface area contributed by atoms with Crippen molar-refractivity contribution in [2.45, 2.75) is 24.2 Å². The van der Waals surface area contributed by atoms with Crippen molar-refractivity contribution in [1.82, 2.24) is 5.32 Å². The SMILES string of the molecule is COC(=O)CCCCNC(=O)c1cc(S(=O)(=O)Nc2ccc(F)cc2)ccc1Cl. The molecule has 2 rings (SSSR count). The van der Waals surface area contributed by atoms with E-state index >= 15 is 0 Å². The van der Waals surface area contributed by atoms with Crippen molar-refractivity contribution in [2.75, 3.05) is 18.4 Å². The number of amides is 1. The Morgan fingerprint density at radius 3 is 2.45 bits per heavy atom. The van der Waals surface area contributed by atoms with Crippen LogP contribution in [0.25, 0.3) is 0 Å². The highest BCUT2D eigenvalue weighted by atomic mass is 35.5. The molecule has 0 aromatic heterocycles. The van der Waals surface area contributed by atoms with Crippen molar-refractivity contribution < 1.29 is 27.1 Å². The van der Waals surface area contributed by atoms with Gasteiger partial charge in [0.25, 0.3) is 15.9 Å². The molecule has 1 amide bonds. The maximum atomic E-state index is 13.0. The number of unbranched alkanes of at least 4 members (excludes halogenated alkanes) is 1. The monoisotopic (exact) mass is 442 g/mol. The molecule has 0 saturated carbocycles. The van der Waals surface area contributed by atoms with Crippen LogP contribution in [0.5, 0.6) is 0 Å². The lowest BCUT2D eigenvalue weighted by atomic mass is 10.2. The van der Waals surface area contributed by atoms with Gasteiger partial charge in [0.1, 0.15) is 5.82 Å². The highest BCUT2D eigenvalue weighted by molar-refractivity contribution is 7.92. The Morgan fingerprint density at radius 2 is 1.79 bits per heavy atom. The lowest BCUT2D eigenvalue weighted by Crippen LogP contribution is -2.25. The molecule has 0 atom stereocenters. The van der Waals surface area contributed by atoms with Gasteiger partial charge in [-0.05, 0) is 55.3 Å². The number of ether oxygens (including phenoxy) is 1. The molecular weight excluding hydrogens is 423 g/mol. The summed E-state index contributed by atoms with van der Waals surface area (Å²) in [6.45, 7) is 0.289. The zero-order valence-electron chi connectivity index (χ0n) is 15.6. The third-order valence-corrected chi connectivity index (χ3v) is 5.62. The Balaban J connectivity index is 2.05. The van der Waals surface area contributed by atoms with Crippen molar-refractivity contribution >= 4 is 39.2 Å². The highest BCUT2D eigenvalue weighted by Gasteiger charge is 2.19. The maximum absolute atomic E-state index is 13.0. The topological polar surface area (TPSA) is 102 Å². The van der Waals surface area contributed by atoms with E-state index < -0.39 is 21.7 Å². The van der Waals surface area contributed by atoms with Crippen LogP contribution in [0.1, 0.15) is 29.6 Å². The molecule has 2 aromatic rings. The molecule has 10 heteroatoms. The summed E-state index contributed by atoms with van der Waals surface area (Å²) in [4.78, 5) is 23.2. The zero-order chi connectivity index (χ0) is 21.4. The summed E-state index contributed by atoms with van der Waals surface area (Å²) in [6.07, 6.45) is 1.33. The Bertz CT molecular complexity index is 981. The summed E-state index contributed by atoms with van der Waals surface area (Å²) in [7, 11) is -2.70. The number of benzene rings is 2. The first-order chi connectivity index (χ1) is 13.7. The lowest BCUT2D eigenvalue weighted by Gasteiger charge is -2.11. The fourth-order valence-electron chi connectivity index (χ4n) is 2.37. The first-order valence-corrected chi connectivity index (χ1v) is 10.5. The number of sulfonamides is 1. The molecule has 7 nitrogen and oxygen atoms in total. The van der Waals surface area contributed by atoms with Gasteiger partial charge in [-0.3, -0.25) is 14.3 Å². The molecule has 29 heavy (non-hydrogen) atoms. The normalized spacial score (nSPS) is 11.0. The number of rotatable bonds is 9. The average molecular weight is 443 g/mol. The van der Waals surface area contributed by atoms with Gasteiger partial charge >= 0.3 is 5.97 Å². The lowest BCUT2D eigenvalue weighted by molar-refractivity contribution is -0.140. The Morgan fingerprint density at radius 1 is 1.10 bits per heavy atom. The van der Waals surface area contributed by atoms with Crippen molar-refractivity contribution in [3.8, 4) is 0 Å². The van der Waals surface area contributed by atoms with Crippen LogP contribution in [0.15, 0.2) is 47.4 Å². The van der Waals surface area contributed by atoms with Crippen LogP contribution in [-0.4, -0.2) is 33.9 Å². The zero-order valence-corrected chi connectivity index (χ0v) is 17.1. The fraction of sp³-hybridized carbons (Fsp3) is 0.263. The molecule has 0 aliphatic carbocycles. The molecule has 0 aliphatic heterocycles. The van der Waals surface area contributed by atoms with Crippen LogP contribution < -0.4 is 10.0 Å². The van der Waals surface area contributed by atoms with E-state index in [1.165, 1.54) is 31.4 Å². The van der Waals surface area contributed by atoms with Gasteiger partial charge in [-0.25, -0.2) is 12.8 Å². The fourth-order valence-corrected chi connectivity index (χ4v) is 3.66. The van der Waals surface area contributed by atoms with Gasteiger partial charge in [-0.1, -0.05) is 11.6 Å². The van der Waals surface area contributed by atoms with Gasteiger partial charge < -0.3 is 10.1 Å². The molecule has 0 aliphatic rings. The van der Waals surface area contributed by atoms with Crippen LogP contribution in [0.3, 0.4) is 0 Å². The Labute approximate surface area is 173 Å². The van der Waals surface area contributed by atoms with Gasteiger partial charge in [0.15, 0.2) is 0 Å². The van der Waals surface area contributed by atoms with E-state index in [1.807, 2.05) is 0 Å². The number of esters is 1. The first-order valence-electron chi connectivity index (χ1n) is 8.66. The number of carbonyl (C=O) groups excluding carboxylic acids is 2. The van der Waals surface area contributed by atoms with Gasteiger partial charge in [0.2, 0.25) is 0 Å². The minimum atomic E-state index is -4.00. The third kappa shape index (κ3) is 6.72. The molecule has 2 N–H and O–H groups in total. The Hall–Kier alpha value is -2.65. The van der Waals surface area contributed by atoms with Crippen LogP contribution >= 0.6 is 11.6 Å². The van der Waals surface area contributed by atoms with Crippen molar-refractivity contribution in [3.05, 3.63) is 58.9 Å². The number of nitrogens with one attached hydrogen (secondary N) is 2. The Kier molecular flexibility index (Phi) is 7.98. The van der Waals surface area contributed by atoms with Gasteiger partial charge in [0, 0.05) is 18.7 Å². The summed E-state index contributed by atoms with van der Waals surface area (Å²) in [6, 6.07) is 8.55. The van der Waals surface area contributed by atoms with E-state index in [1.54, 1.807) is 0 Å². The van der Waals surface area contributed by atoms with Gasteiger partial charge in [-0.15, -0.1) is 0 Å². The number of halogens is 2. The molecule has 0 unspecified atom stereocenters. The molecular formula is C19H20ClFN2O5S. The largest absolute Gasteiger partial charge is 0.469 e. The molecule has 156 valence electrons. The predicted molar refractivity (Wildman–Crippen MR) is 107 cm³/mol. The summed E-state index contributed by atoms with van der Waals surface area (Å²) in [5, 5.41) is 2.73. The second kappa shape index (κ2) is 10.2. The van der Waals surface area contributed by atoms with Crippen molar-refractivity contribution in [3.63, 3.8) is 0 Å². The molecule has 2 aromatic carbocycles. The van der Waals surface area contributed by atoms with E-state index in [-0.39, 0.29) is 40.1 Å². The van der Waals surface area contributed by atoms with E-state index in [9.17, 15) is 22.4 Å². The predicted octanol–water partition coefficient (Wildman–Crippen LogP) is 3.35. The van der Waals surface area contributed by atoms with Crippen LogP contribution in [0.4, 0.5) is 10.1 Å². The minimum Gasteiger partial charge on any atom is -0.469 e. The van der Waals surface area contributed by atoms with Crippen molar-refractivity contribution in [1.29, 1.82) is 0 Å². The molecule has 0 radical (unpaired) electrons. The van der Waals surface area contributed by atoms with Gasteiger partial charge in [-0.2, -0.15) is 0 Å². The van der Waals surface area contributed by atoms with E-state index in [0.29, 0.717) is 12.8 Å². The number of hydrogen-bond acceptors (Lipinski definition) is 5. The summed E-state index contributed by atoms with van der Waals surface area (Å²) in [5.74, 6) is -1.36. The van der Waals surface area contributed by atoms with E-state index in [4.69, 9.17) is 11.6 Å². The second-order valence-electron chi connectivity index (χ2n) is 6.04. The number of carbonyl (C=O) groups is 2. The number of hydrogen-bond donors (Lipinski definition) is 2. The molecule has 0 saturated heterocycles. The van der Waals surface area contributed by atoms with Crippen LogP contribution in [0.2, 0.25) is 5.02 Å². The molecule has 0 spiro atoms. The van der Waals surface area contributed by atoms with Crippen molar-refractivity contribution in [2.24, 2.45) is 0 Å². The maximum Gasteiger partial charge on any atom is 0.305 e. The quantitative estimate of drug-likeness (QED) is 0.458. The highest BCUT2D eigenvalue weighted by Crippen LogP contribution is 2.22. The summed E-state index contributed by atoms with van der Waals surface area (Å²) in [5.41, 5.74) is 0.180. The number of anilines is 1. The summed E-state index contributed by atoms with van der Waals surface area (Å²) >= 11 is 6.04. The minimum absolute atomic E-state index is 0.00150. The number of methoxy groups -OCH3 is 1. The third-order valence-electron chi connectivity index (χ3n) is 3.91. The standard InChI is InChI=1S/C19H20ClFN2O5S/c1-28-18(24)4-2-3-11-22-19(25)16-12-15(9-10-17(16)20)29(26,27)23-14-7-5-13(21)6-8-14/h5-10,12,23H,2-4,11H2,1H3,(H,22,25). The average Bonchev–Trinajstić information content (AvgIpc) is 2.69. The summed E-state index contributed by atoms with van der Waals surface area (Å²) < 4.78 is 44.9. The smallest absolute Gasteiger partial charge is 0.305 e. The van der Waals surface area contributed by atoms with Gasteiger partial charge in [0.05, 0.1) is 22.6 Å². The molecule has 0 heterocycles. The van der Waals surface area contributed by atoms with Crippen LogP contribution in [0, 0.1) is 5.82 Å². The first kappa shape index (κ1) is 22.6.